The molecule has 0 saturated carbocycles. The Hall–Kier alpha value is -3.19. The number of hydrogen-bond donors (Lipinski definition) is 0. The molecular formula is C25H17N. The summed E-state index contributed by atoms with van der Waals surface area (Å²) in [7, 11) is 0. The van der Waals surface area contributed by atoms with E-state index in [0.29, 0.717) is 0 Å². The van der Waals surface area contributed by atoms with Gasteiger partial charge in [0.25, 0.3) is 0 Å². The number of benzene rings is 4. The van der Waals surface area contributed by atoms with E-state index < -0.39 is 0 Å². The van der Waals surface area contributed by atoms with Crippen LogP contribution in [0, 0.1) is 6.92 Å². The zero-order chi connectivity index (χ0) is 17.3. The maximum absolute atomic E-state index is 4.89. The van der Waals surface area contributed by atoms with Crippen molar-refractivity contribution in [3.05, 3.63) is 89.6 Å². The van der Waals surface area contributed by atoms with Crippen molar-refractivity contribution in [1.29, 1.82) is 0 Å². The van der Waals surface area contributed by atoms with Gasteiger partial charge in [0, 0.05) is 17.5 Å². The summed E-state index contributed by atoms with van der Waals surface area (Å²) in [4.78, 5) is 4.89. The fourth-order valence-electron chi connectivity index (χ4n) is 4.74. The maximum Gasteiger partial charge on any atom is 0.0711 e. The molecule has 0 unspecified atom stereocenters. The third kappa shape index (κ3) is 1.68. The van der Waals surface area contributed by atoms with E-state index in [4.69, 9.17) is 4.98 Å². The zero-order valence-corrected chi connectivity index (χ0v) is 14.6. The van der Waals surface area contributed by atoms with Gasteiger partial charge in [-0.25, -0.2) is 0 Å². The van der Waals surface area contributed by atoms with Crippen LogP contribution in [0.1, 0.15) is 16.8 Å². The summed E-state index contributed by atoms with van der Waals surface area (Å²) in [6.45, 7) is 2.15. The van der Waals surface area contributed by atoms with Crippen LogP contribution in [-0.2, 0) is 6.42 Å². The molecule has 1 nitrogen and oxygen atoms in total. The summed E-state index contributed by atoms with van der Waals surface area (Å²) in [5.74, 6) is 0. The average Bonchev–Trinajstić information content (AvgIpc) is 3.10. The van der Waals surface area contributed by atoms with E-state index in [1.807, 2.05) is 0 Å². The maximum atomic E-state index is 4.89. The molecule has 1 aliphatic rings. The third-order valence-electron chi connectivity index (χ3n) is 5.84. The molecular weight excluding hydrogens is 314 g/mol. The molecule has 0 radical (unpaired) electrons. The van der Waals surface area contributed by atoms with Crippen LogP contribution in [0.4, 0.5) is 0 Å². The highest BCUT2D eigenvalue weighted by molar-refractivity contribution is 6.20. The second-order valence-corrected chi connectivity index (χ2v) is 7.19. The van der Waals surface area contributed by atoms with Crippen LogP contribution >= 0.6 is 0 Å². The Labute approximate surface area is 151 Å². The van der Waals surface area contributed by atoms with Crippen molar-refractivity contribution in [2.24, 2.45) is 0 Å². The topological polar surface area (TPSA) is 12.9 Å². The summed E-state index contributed by atoms with van der Waals surface area (Å²) in [5.41, 5.74) is 7.90. The lowest BCUT2D eigenvalue weighted by molar-refractivity contribution is 1.15. The number of fused-ring (bicyclic) bond motifs is 10. The molecule has 1 aliphatic carbocycles. The van der Waals surface area contributed by atoms with Crippen molar-refractivity contribution in [2.45, 2.75) is 13.3 Å². The molecule has 1 heteroatoms. The van der Waals surface area contributed by atoms with Crippen LogP contribution in [0.3, 0.4) is 0 Å². The Balaban J connectivity index is 1.91. The zero-order valence-electron chi connectivity index (χ0n) is 14.6. The van der Waals surface area contributed by atoms with Gasteiger partial charge >= 0.3 is 0 Å². The van der Waals surface area contributed by atoms with Gasteiger partial charge in [0.1, 0.15) is 0 Å². The number of aryl methyl sites for hydroxylation is 1. The number of rotatable bonds is 0. The Morgan fingerprint density at radius 1 is 0.577 bits per heavy atom. The molecule has 0 amide bonds. The van der Waals surface area contributed by atoms with Crippen LogP contribution in [-0.4, -0.2) is 4.98 Å². The minimum atomic E-state index is 0.972. The smallest absolute Gasteiger partial charge is 0.0711 e. The lowest BCUT2D eigenvalue weighted by Gasteiger charge is -2.13. The Morgan fingerprint density at radius 2 is 1.12 bits per heavy atom. The molecule has 0 N–H and O–H groups in total. The molecule has 5 aromatic rings. The van der Waals surface area contributed by atoms with Crippen LogP contribution in [0.15, 0.2) is 72.8 Å². The molecule has 0 bridgehead atoms. The minimum absolute atomic E-state index is 0.972. The first-order valence-electron chi connectivity index (χ1n) is 9.14. The van der Waals surface area contributed by atoms with Gasteiger partial charge < -0.3 is 0 Å². The van der Waals surface area contributed by atoms with Gasteiger partial charge in [-0.1, -0.05) is 66.7 Å². The minimum Gasteiger partial charge on any atom is -0.253 e. The number of hydrogen-bond acceptors (Lipinski definition) is 1. The first-order valence-corrected chi connectivity index (χ1v) is 9.14. The Morgan fingerprint density at radius 3 is 1.88 bits per heavy atom. The van der Waals surface area contributed by atoms with Crippen molar-refractivity contribution in [1.82, 2.24) is 4.98 Å². The molecule has 1 heterocycles. The molecule has 122 valence electrons. The monoisotopic (exact) mass is 331 g/mol. The van der Waals surface area contributed by atoms with Crippen molar-refractivity contribution in [3.8, 4) is 11.1 Å². The van der Waals surface area contributed by atoms with Gasteiger partial charge in [-0.3, -0.25) is 4.98 Å². The largest absolute Gasteiger partial charge is 0.253 e. The lowest BCUT2D eigenvalue weighted by Crippen LogP contribution is -1.93. The second-order valence-electron chi connectivity index (χ2n) is 7.19. The van der Waals surface area contributed by atoms with Crippen LogP contribution in [0.25, 0.3) is 43.6 Å². The first kappa shape index (κ1) is 14.0. The van der Waals surface area contributed by atoms with Gasteiger partial charge in [0.05, 0.1) is 5.52 Å². The molecule has 4 aromatic carbocycles. The van der Waals surface area contributed by atoms with Crippen molar-refractivity contribution >= 4 is 32.4 Å². The predicted molar refractivity (Wildman–Crippen MR) is 110 cm³/mol. The number of para-hydroxylation sites is 1. The highest BCUT2D eigenvalue weighted by atomic mass is 14.7. The summed E-state index contributed by atoms with van der Waals surface area (Å²) in [6, 6.07) is 26.2. The highest BCUT2D eigenvalue weighted by Crippen LogP contribution is 2.48. The predicted octanol–water partition coefficient (Wildman–Crippen LogP) is 6.42. The number of aromatic nitrogens is 1. The Bertz CT molecular complexity index is 1360. The van der Waals surface area contributed by atoms with Gasteiger partial charge in [-0.2, -0.15) is 0 Å². The molecule has 0 atom stereocenters. The van der Waals surface area contributed by atoms with E-state index >= 15 is 0 Å². The third-order valence-corrected chi connectivity index (χ3v) is 5.84. The fourth-order valence-corrected chi connectivity index (χ4v) is 4.74. The van der Waals surface area contributed by atoms with E-state index in [9.17, 15) is 0 Å². The number of nitrogens with zero attached hydrogens (tertiary/aromatic N) is 1. The van der Waals surface area contributed by atoms with E-state index in [0.717, 1.165) is 17.6 Å². The normalized spacial score (nSPS) is 12.7. The summed E-state index contributed by atoms with van der Waals surface area (Å²) in [5, 5.41) is 6.70. The van der Waals surface area contributed by atoms with Crippen LogP contribution in [0.2, 0.25) is 0 Å². The van der Waals surface area contributed by atoms with Crippen LogP contribution < -0.4 is 0 Å². The molecule has 26 heavy (non-hydrogen) atoms. The fraction of sp³-hybridized carbons (Fsp3) is 0.0800. The summed E-state index contributed by atoms with van der Waals surface area (Å²) < 4.78 is 0. The van der Waals surface area contributed by atoms with Gasteiger partial charge in [-0.05, 0) is 56.8 Å². The van der Waals surface area contributed by atoms with Crippen molar-refractivity contribution in [2.75, 3.05) is 0 Å². The Kier molecular flexibility index (Phi) is 2.66. The quantitative estimate of drug-likeness (QED) is 0.293. The summed E-state index contributed by atoms with van der Waals surface area (Å²) >= 11 is 0. The standard InChI is InChI=1S/C25H17N/c1-15-21-14-22-18-10-3-2-8-16(18)17-9-4-5-11-19(17)24(22)25(21)20-12-6-7-13-23(20)26-15/h2-13H,14H2,1H3. The van der Waals surface area contributed by atoms with E-state index in [1.165, 1.54) is 49.2 Å². The lowest BCUT2D eigenvalue weighted by atomic mass is 9.90. The molecule has 6 rings (SSSR count). The average molecular weight is 331 g/mol. The van der Waals surface area contributed by atoms with Crippen LogP contribution in [0.5, 0.6) is 0 Å². The van der Waals surface area contributed by atoms with Gasteiger partial charge in [-0.15, -0.1) is 0 Å². The van der Waals surface area contributed by atoms with E-state index in [2.05, 4.69) is 79.7 Å². The number of pyridine rings is 1. The molecule has 0 spiro atoms. The SMILES string of the molecule is Cc1nc2ccccc2c2c1Cc1c-2c2ccccc2c2ccccc12. The summed E-state index contributed by atoms with van der Waals surface area (Å²) in [6.07, 6.45) is 0.972. The van der Waals surface area contributed by atoms with Gasteiger partial charge in [0.2, 0.25) is 0 Å². The molecule has 0 saturated heterocycles. The van der Waals surface area contributed by atoms with Crippen molar-refractivity contribution < 1.29 is 0 Å². The molecule has 0 fully saturated rings. The second kappa shape index (κ2) is 4.92. The van der Waals surface area contributed by atoms with E-state index in [-0.39, 0.29) is 0 Å². The van der Waals surface area contributed by atoms with E-state index in [1.54, 1.807) is 0 Å². The first-order chi connectivity index (χ1) is 12.8. The van der Waals surface area contributed by atoms with Gasteiger partial charge in [0.15, 0.2) is 0 Å². The highest BCUT2D eigenvalue weighted by Gasteiger charge is 2.27. The molecule has 1 aromatic heterocycles. The molecule has 0 aliphatic heterocycles. The van der Waals surface area contributed by atoms with Crippen molar-refractivity contribution in [3.63, 3.8) is 0 Å².